The van der Waals surface area contributed by atoms with Crippen molar-refractivity contribution in [1.82, 2.24) is 19.8 Å². The third-order valence-corrected chi connectivity index (χ3v) is 6.80. The second kappa shape index (κ2) is 11.3. The van der Waals surface area contributed by atoms with Crippen molar-refractivity contribution < 1.29 is 19.1 Å². The van der Waals surface area contributed by atoms with Gasteiger partial charge in [-0.25, -0.2) is 4.98 Å². The molecule has 8 nitrogen and oxygen atoms in total. The first kappa shape index (κ1) is 25.3. The Hall–Kier alpha value is -3.81. The molecule has 1 aliphatic rings. The first-order chi connectivity index (χ1) is 17.4. The largest absolute Gasteiger partial charge is 0.496 e. The van der Waals surface area contributed by atoms with Gasteiger partial charge in [-0.3, -0.25) is 9.59 Å². The number of benzene rings is 2. The maximum Gasteiger partial charge on any atom is 0.260 e. The summed E-state index contributed by atoms with van der Waals surface area (Å²) in [6, 6.07) is 14.3. The van der Waals surface area contributed by atoms with E-state index in [9.17, 15) is 9.59 Å². The Morgan fingerprint density at radius 2 is 1.78 bits per heavy atom. The molecule has 2 heterocycles. The molecule has 1 saturated heterocycles. The molecule has 0 aliphatic carbocycles. The van der Waals surface area contributed by atoms with Crippen LogP contribution in [0.25, 0.3) is 0 Å². The van der Waals surface area contributed by atoms with Gasteiger partial charge in [0.1, 0.15) is 23.4 Å². The lowest BCUT2D eigenvalue weighted by atomic mass is 9.97. The molecular weight excluding hydrogens is 456 g/mol. The normalized spacial score (nSPS) is 18.4. The highest BCUT2D eigenvalue weighted by molar-refractivity contribution is 5.94. The average molecular weight is 491 g/mol. The van der Waals surface area contributed by atoms with E-state index >= 15 is 0 Å². The van der Waals surface area contributed by atoms with Crippen molar-refractivity contribution in [2.45, 2.75) is 51.2 Å². The van der Waals surface area contributed by atoms with Crippen LogP contribution in [0.3, 0.4) is 0 Å². The number of nitrogens with zero attached hydrogens (tertiary/aromatic N) is 3. The number of imidazole rings is 1. The van der Waals surface area contributed by atoms with E-state index in [-0.39, 0.29) is 30.5 Å². The number of carbonyl (C=O) groups excluding carboxylic acids is 2. The number of ether oxygens (including phenoxy) is 2. The molecule has 4 rings (SSSR count). The molecule has 3 atom stereocenters. The topological polar surface area (TPSA) is 85.7 Å². The number of aryl methyl sites for hydroxylation is 1. The minimum atomic E-state index is -0.504. The Morgan fingerprint density at radius 3 is 2.42 bits per heavy atom. The molecule has 1 aromatic heterocycles. The zero-order valence-electron chi connectivity index (χ0n) is 21.3. The number of para-hydroxylation sites is 1. The van der Waals surface area contributed by atoms with Crippen LogP contribution in [0.4, 0.5) is 0 Å². The Morgan fingerprint density at radius 1 is 1.08 bits per heavy atom. The molecule has 8 heteroatoms. The van der Waals surface area contributed by atoms with E-state index in [0.29, 0.717) is 22.9 Å². The number of nitrogens with one attached hydrogen (secondary N) is 1. The highest BCUT2D eigenvalue weighted by Crippen LogP contribution is 2.29. The molecule has 3 aromatic rings. The van der Waals surface area contributed by atoms with Crippen LogP contribution in [0.5, 0.6) is 11.5 Å². The zero-order valence-corrected chi connectivity index (χ0v) is 21.3. The van der Waals surface area contributed by atoms with Crippen LogP contribution in [0, 0.1) is 0 Å². The SMILES string of the molecule is COc1ccccc1C(NC(=O)c1ccc(OCC(=O)N2C(C)CCCC2C)cc1)c1nccn1C. The molecule has 36 heavy (non-hydrogen) atoms. The first-order valence-electron chi connectivity index (χ1n) is 12.3. The van der Waals surface area contributed by atoms with Gasteiger partial charge < -0.3 is 24.3 Å². The standard InChI is InChI=1S/C28H34N4O4/c1-19-8-7-9-20(2)32(19)25(33)18-36-22-14-12-21(13-15-22)28(34)30-26(27-29-16-17-31(27)3)23-10-5-6-11-24(23)35-4/h5-6,10-17,19-20,26H,7-9,18H2,1-4H3,(H,30,34). The summed E-state index contributed by atoms with van der Waals surface area (Å²) in [4.78, 5) is 32.3. The molecule has 2 amide bonds. The number of aromatic nitrogens is 2. The Balaban J connectivity index is 1.44. The highest BCUT2D eigenvalue weighted by atomic mass is 16.5. The summed E-state index contributed by atoms with van der Waals surface area (Å²) < 4.78 is 13.2. The number of carbonyl (C=O) groups is 2. The van der Waals surface area contributed by atoms with Crippen molar-refractivity contribution in [1.29, 1.82) is 0 Å². The molecule has 1 N–H and O–H groups in total. The zero-order chi connectivity index (χ0) is 25.7. The second-order valence-electron chi connectivity index (χ2n) is 9.29. The van der Waals surface area contributed by atoms with E-state index in [1.807, 2.05) is 47.0 Å². The predicted octanol–water partition coefficient (Wildman–Crippen LogP) is 4.12. The van der Waals surface area contributed by atoms with Gasteiger partial charge >= 0.3 is 0 Å². The fraction of sp³-hybridized carbons (Fsp3) is 0.393. The smallest absolute Gasteiger partial charge is 0.260 e. The van der Waals surface area contributed by atoms with Crippen LogP contribution in [0.2, 0.25) is 0 Å². The van der Waals surface area contributed by atoms with Crippen molar-refractivity contribution >= 4 is 11.8 Å². The summed E-state index contributed by atoms with van der Waals surface area (Å²) in [6.45, 7) is 4.16. The maximum absolute atomic E-state index is 13.2. The van der Waals surface area contributed by atoms with E-state index in [1.54, 1.807) is 37.6 Å². The minimum Gasteiger partial charge on any atom is -0.496 e. The van der Waals surface area contributed by atoms with Crippen LogP contribution in [-0.4, -0.2) is 52.1 Å². The lowest BCUT2D eigenvalue weighted by Crippen LogP contribution is -2.49. The molecule has 0 saturated carbocycles. The fourth-order valence-corrected chi connectivity index (χ4v) is 4.89. The summed E-state index contributed by atoms with van der Waals surface area (Å²) in [7, 11) is 3.49. The van der Waals surface area contributed by atoms with Gasteiger partial charge in [0.2, 0.25) is 0 Å². The minimum absolute atomic E-state index is 0.00811. The maximum atomic E-state index is 13.2. The van der Waals surface area contributed by atoms with Crippen molar-refractivity contribution in [2.24, 2.45) is 7.05 Å². The molecule has 3 unspecified atom stereocenters. The van der Waals surface area contributed by atoms with Crippen molar-refractivity contribution in [2.75, 3.05) is 13.7 Å². The number of hydrogen-bond acceptors (Lipinski definition) is 5. The van der Waals surface area contributed by atoms with Gasteiger partial charge in [0.15, 0.2) is 6.61 Å². The number of methoxy groups -OCH3 is 1. The second-order valence-corrected chi connectivity index (χ2v) is 9.29. The van der Waals surface area contributed by atoms with Gasteiger partial charge in [0.25, 0.3) is 11.8 Å². The molecule has 0 bridgehead atoms. The van der Waals surface area contributed by atoms with Gasteiger partial charge in [-0.1, -0.05) is 18.2 Å². The van der Waals surface area contributed by atoms with Crippen LogP contribution in [0.1, 0.15) is 60.9 Å². The Bertz CT molecular complexity index is 1180. The monoisotopic (exact) mass is 490 g/mol. The third kappa shape index (κ3) is 5.53. The van der Waals surface area contributed by atoms with Crippen LogP contribution < -0.4 is 14.8 Å². The van der Waals surface area contributed by atoms with E-state index in [1.165, 1.54) is 0 Å². The molecule has 0 spiro atoms. The van der Waals surface area contributed by atoms with Crippen LogP contribution in [-0.2, 0) is 11.8 Å². The third-order valence-electron chi connectivity index (χ3n) is 6.80. The van der Waals surface area contributed by atoms with Crippen LogP contribution >= 0.6 is 0 Å². The van der Waals surface area contributed by atoms with Crippen molar-refractivity contribution in [3.05, 3.63) is 77.9 Å². The first-order valence-corrected chi connectivity index (χ1v) is 12.3. The highest BCUT2D eigenvalue weighted by Gasteiger charge is 2.29. The molecule has 1 fully saturated rings. The lowest BCUT2D eigenvalue weighted by Gasteiger charge is -2.38. The van der Waals surface area contributed by atoms with Crippen molar-refractivity contribution in [3.8, 4) is 11.5 Å². The summed E-state index contributed by atoms with van der Waals surface area (Å²) in [5.74, 6) is 1.63. The summed E-state index contributed by atoms with van der Waals surface area (Å²) in [5, 5.41) is 3.09. The Kier molecular flexibility index (Phi) is 7.93. The molecular formula is C28H34N4O4. The quantitative estimate of drug-likeness (QED) is 0.514. The van der Waals surface area contributed by atoms with Gasteiger partial charge in [0.05, 0.1) is 7.11 Å². The molecule has 0 radical (unpaired) electrons. The van der Waals surface area contributed by atoms with Gasteiger partial charge in [-0.05, 0) is 63.4 Å². The van der Waals surface area contributed by atoms with Gasteiger partial charge in [-0.2, -0.15) is 0 Å². The molecule has 1 aliphatic heterocycles. The van der Waals surface area contributed by atoms with E-state index in [0.717, 1.165) is 24.8 Å². The van der Waals surface area contributed by atoms with E-state index in [2.05, 4.69) is 24.1 Å². The van der Waals surface area contributed by atoms with Gasteiger partial charge in [-0.15, -0.1) is 0 Å². The summed E-state index contributed by atoms with van der Waals surface area (Å²) in [6.07, 6.45) is 6.72. The Labute approximate surface area is 212 Å². The number of rotatable bonds is 8. The predicted molar refractivity (Wildman–Crippen MR) is 137 cm³/mol. The number of piperidine rings is 1. The summed E-state index contributed by atoms with van der Waals surface area (Å²) >= 11 is 0. The van der Waals surface area contributed by atoms with E-state index < -0.39 is 6.04 Å². The van der Waals surface area contributed by atoms with Gasteiger partial charge in [0, 0.05) is 42.7 Å². The van der Waals surface area contributed by atoms with Crippen LogP contribution in [0.15, 0.2) is 60.9 Å². The van der Waals surface area contributed by atoms with Crippen molar-refractivity contribution in [3.63, 3.8) is 0 Å². The molecule has 2 aromatic carbocycles. The number of amides is 2. The fourth-order valence-electron chi connectivity index (χ4n) is 4.89. The number of likely N-dealkylation sites (tertiary alicyclic amines) is 1. The average Bonchev–Trinajstić information content (AvgIpc) is 3.31. The van der Waals surface area contributed by atoms with E-state index in [4.69, 9.17) is 9.47 Å². The lowest BCUT2D eigenvalue weighted by molar-refractivity contribution is -0.139. The molecule has 190 valence electrons. The number of hydrogen-bond donors (Lipinski definition) is 1. The summed E-state index contributed by atoms with van der Waals surface area (Å²) in [5.41, 5.74) is 1.28.